The fourth-order valence-electron chi connectivity index (χ4n) is 3.79. The van der Waals surface area contributed by atoms with Gasteiger partial charge in [0.1, 0.15) is 28.7 Å². The number of nitrogens with one attached hydrogen (secondary N) is 1. The minimum atomic E-state index is -1.28. The van der Waals surface area contributed by atoms with Crippen LogP contribution in [0.2, 0.25) is 0 Å². The van der Waals surface area contributed by atoms with Gasteiger partial charge in [-0.2, -0.15) is 0 Å². The highest BCUT2D eigenvalue weighted by atomic mass is 35.5. The highest BCUT2D eigenvalue weighted by Crippen LogP contribution is 2.23. The van der Waals surface area contributed by atoms with E-state index in [0.717, 1.165) is 24.0 Å². The molecule has 1 aliphatic heterocycles. The quantitative estimate of drug-likeness (QED) is 0.323. The van der Waals surface area contributed by atoms with E-state index < -0.39 is 22.9 Å². The molecule has 2 aromatic rings. The molecule has 202 valence electrons. The van der Waals surface area contributed by atoms with E-state index in [1.54, 1.807) is 18.2 Å². The Balaban J connectivity index is 0.00000235. The Bertz CT molecular complexity index is 1130. The number of allylic oxidation sites excluding steroid dienone is 4. The van der Waals surface area contributed by atoms with Gasteiger partial charge in [-0.05, 0) is 24.1 Å². The van der Waals surface area contributed by atoms with E-state index in [4.69, 9.17) is 27.3 Å². The number of nitrogens with zero attached hydrogens (tertiary/aromatic N) is 4. The molecule has 3 N–H and O–H groups in total. The van der Waals surface area contributed by atoms with Gasteiger partial charge in [-0.1, -0.05) is 64.6 Å². The van der Waals surface area contributed by atoms with E-state index in [0.29, 0.717) is 42.1 Å². The molecule has 0 aliphatic carbocycles. The van der Waals surface area contributed by atoms with Gasteiger partial charge in [0, 0.05) is 42.4 Å². The third-order valence-corrected chi connectivity index (χ3v) is 7.29. The molecule has 0 spiro atoms. The van der Waals surface area contributed by atoms with Crippen molar-refractivity contribution < 1.29 is 9.00 Å². The largest absolute Gasteiger partial charge is 0.368 e. The maximum atomic E-state index is 12.8. The average Bonchev–Trinajstić information content (AvgIpc) is 2.90. The Labute approximate surface area is 228 Å². The molecule has 1 saturated heterocycles. The van der Waals surface area contributed by atoms with E-state index in [-0.39, 0.29) is 5.92 Å². The predicted molar refractivity (Wildman–Crippen MR) is 155 cm³/mol. The van der Waals surface area contributed by atoms with Crippen LogP contribution in [0.5, 0.6) is 0 Å². The number of hydrogen-bond donors (Lipinski definition) is 2. The molecule has 3 rings (SSSR count). The molecule has 2 heterocycles. The Hall–Kier alpha value is -2.59. The van der Waals surface area contributed by atoms with Crippen molar-refractivity contribution in [3.8, 4) is 0 Å². The van der Waals surface area contributed by atoms with Gasteiger partial charge in [-0.25, -0.2) is 18.5 Å². The number of aromatic nitrogens is 2. The molecule has 0 radical (unpaired) electrons. The molecule has 1 aromatic heterocycles. The van der Waals surface area contributed by atoms with Crippen molar-refractivity contribution >= 4 is 45.2 Å². The summed E-state index contributed by atoms with van der Waals surface area (Å²) in [6.07, 6.45) is 7.16. The molecule has 1 unspecified atom stereocenters. The Kier molecular flexibility index (Phi) is 12.9. The summed E-state index contributed by atoms with van der Waals surface area (Å²) in [5, 5.41) is 4.08. The van der Waals surface area contributed by atoms with E-state index in [1.165, 1.54) is 0 Å². The van der Waals surface area contributed by atoms with Gasteiger partial charge in [0.25, 0.3) is 0 Å². The lowest BCUT2D eigenvalue weighted by atomic mass is 10.0. The summed E-state index contributed by atoms with van der Waals surface area (Å²) in [5.74, 6) is 1.30. The molecule has 0 bridgehead atoms. The van der Waals surface area contributed by atoms with Gasteiger partial charge in [0.2, 0.25) is 5.91 Å². The van der Waals surface area contributed by atoms with Gasteiger partial charge in [0.05, 0.1) is 12.1 Å². The fraction of sp³-hybridized carbons (Fsp3) is 0.444. The minimum Gasteiger partial charge on any atom is -0.368 e. The molecule has 1 aliphatic rings. The first-order valence-electron chi connectivity index (χ1n) is 12.6. The van der Waals surface area contributed by atoms with Crippen molar-refractivity contribution in [1.29, 1.82) is 0 Å². The predicted octanol–water partition coefficient (Wildman–Crippen LogP) is 4.22. The number of alkyl halides is 1. The van der Waals surface area contributed by atoms with Gasteiger partial charge >= 0.3 is 0 Å². The zero-order valence-electron chi connectivity index (χ0n) is 22.2. The molecule has 37 heavy (non-hydrogen) atoms. The minimum absolute atomic E-state index is 0.0135. The second-order valence-electron chi connectivity index (χ2n) is 8.64. The van der Waals surface area contributed by atoms with Gasteiger partial charge in [-0.15, -0.1) is 11.6 Å². The first-order chi connectivity index (χ1) is 17.8. The average molecular weight is 547 g/mol. The number of hydrogen-bond acceptors (Lipinski definition) is 6. The number of nitrogens with two attached hydrogens (primary N) is 1. The lowest BCUT2D eigenvalue weighted by Crippen LogP contribution is -2.46. The summed E-state index contributed by atoms with van der Waals surface area (Å²) in [4.78, 5) is 24.2. The first kappa shape index (κ1) is 30.6. The number of carbonyl (C=O) groups excluding carboxylic acids is 1. The second kappa shape index (κ2) is 15.6. The number of carbonyl (C=O) groups is 1. The topological polar surface area (TPSA) is 104 Å². The number of rotatable bonds is 11. The van der Waals surface area contributed by atoms with Crippen molar-refractivity contribution in [2.75, 3.05) is 37.4 Å². The van der Waals surface area contributed by atoms with Crippen molar-refractivity contribution in [1.82, 2.24) is 19.2 Å². The van der Waals surface area contributed by atoms with Crippen molar-refractivity contribution in [2.45, 2.75) is 40.3 Å². The fourth-order valence-corrected chi connectivity index (χ4v) is 4.91. The van der Waals surface area contributed by atoms with Crippen LogP contribution >= 0.6 is 11.6 Å². The van der Waals surface area contributed by atoms with Crippen LogP contribution in [0.25, 0.3) is 10.9 Å². The van der Waals surface area contributed by atoms with Crippen LogP contribution in [0.15, 0.2) is 60.1 Å². The molecule has 10 heteroatoms. The number of amides is 1. The Morgan fingerprint density at radius 2 is 1.86 bits per heavy atom. The molecular formula is C27H39ClN6O2S. The smallest absolute Gasteiger partial charge is 0.240 e. The Morgan fingerprint density at radius 1 is 1.19 bits per heavy atom. The highest BCUT2D eigenvalue weighted by Gasteiger charge is 2.24. The number of primary amides is 1. The molecule has 8 nitrogen and oxygen atoms in total. The molecular weight excluding hydrogens is 508 g/mol. The first-order valence-corrected chi connectivity index (χ1v) is 14.2. The lowest BCUT2D eigenvalue weighted by Gasteiger charge is -2.33. The van der Waals surface area contributed by atoms with Crippen LogP contribution in [-0.4, -0.2) is 67.4 Å². The highest BCUT2D eigenvalue weighted by molar-refractivity contribution is 7.86. The van der Waals surface area contributed by atoms with Crippen LogP contribution in [-0.2, 0) is 22.3 Å². The molecule has 1 amide bonds. The van der Waals surface area contributed by atoms with Gasteiger partial charge in [0.15, 0.2) is 0 Å². The van der Waals surface area contributed by atoms with Crippen LogP contribution in [0.1, 0.15) is 33.5 Å². The van der Waals surface area contributed by atoms with Crippen molar-refractivity contribution in [2.24, 2.45) is 11.7 Å². The van der Waals surface area contributed by atoms with Crippen molar-refractivity contribution in [3.63, 3.8) is 0 Å². The SMILES string of the molecule is C=C(/C=C\C=C/CCl)S(=O)N1CCN(Cc2nc(N[C@H](C(N)=O)C(C)C)c3ccccc3n2)CC1.CC. The van der Waals surface area contributed by atoms with E-state index in [1.807, 2.05) is 62.3 Å². The number of benzene rings is 1. The molecule has 2 atom stereocenters. The third kappa shape index (κ3) is 9.03. The zero-order chi connectivity index (χ0) is 27.4. The maximum Gasteiger partial charge on any atom is 0.240 e. The number of fused-ring (bicyclic) bond motifs is 1. The summed E-state index contributed by atoms with van der Waals surface area (Å²) in [7, 11) is -1.28. The number of anilines is 1. The monoisotopic (exact) mass is 546 g/mol. The number of piperazine rings is 1. The van der Waals surface area contributed by atoms with Crippen LogP contribution in [0, 0.1) is 5.92 Å². The van der Waals surface area contributed by atoms with Crippen LogP contribution in [0.4, 0.5) is 5.82 Å². The summed E-state index contributed by atoms with van der Waals surface area (Å²) < 4.78 is 14.7. The lowest BCUT2D eigenvalue weighted by molar-refractivity contribution is -0.119. The second-order valence-corrected chi connectivity index (χ2v) is 10.5. The third-order valence-electron chi connectivity index (χ3n) is 5.69. The van der Waals surface area contributed by atoms with Gasteiger partial charge < -0.3 is 11.1 Å². The standard InChI is InChI=1S/C25H33ClN6O2S.C2H6/c1-18(2)23(24(27)33)30-25-20-10-6-7-11-21(20)28-22(29-25)17-31-13-15-32(16-14-31)35(34)19(3)9-5-4-8-12-26;1-2/h4-11,18,23H,3,12-17H2,1-2H3,(H2,27,33)(H,28,29,30);1-2H3/b8-4-,9-5-;/t23-,35?;/m0./s1. The molecule has 1 fully saturated rings. The number of halogens is 1. The zero-order valence-corrected chi connectivity index (χ0v) is 23.8. The van der Waals surface area contributed by atoms with E-state index in [9.17, 15) is 9.00 Å². The number of para-hydroxylation sites is 1. The normalized spacial score (nSPS) is 16.6. The van der Waals surface area contributed by atoms with E-state index >= 15 is 0 Å². The summed E-state index contributed by atoms with van der Waals surface area (Å²) in [6, 6.07) is 7.18. The van der Waals surface area contributed by atoms with Crippen LogP contribution < -0.4 is 11.1 Å². The Morgan fingerprint density at radius 3 is 2.49 bits per heavy atom. The molecule has 1 aromatic carbocycles. The van der Waals surface area contributed by atoms with Crippen molar-refractivity contribution in [3.05, 3.63) is 65.9 Å². The molecule has 0 saturated carbocycles. The summed E-state index contributed by atoms with van der Waals surface area (Å²) in [5.41, 5.74) is 6.42. The summed E-state index contributed by atoms with van der Waals surface area (Å²) in [6.45, 7) is 15.1. The summed E-state index contributed by atoms with van der Waals surface area (Å²) >= 11 is 5.61. The van der Waals surface area contributed by atoms with Crippen LogP contribution in [0.3, 0.4) is 0 Å². The van der Waals surface area contributed by atoms with Gasteiger partial charge in [-0.3, -0.25) is 9.69 Å². The van der Waals surface area contributed by atoms with E-state index in [2.05, 4.69) is 16.8 Å². The maximum absolute atomic E-state index is 12.8.